The highest BCUT2D eigenvalue weighted by Crippen LogP contribution is 2.26. The Kier molecular flexibility index (Phi) is 4.99. The van der Waals surface area contributed by atoms with Crippen LogP contribution in [0.2, 0.25) is 0 Å². The SMILES string of the molecule is CC(C)C(C)(C)CNC(=O)C1CCC(N)CC1. The Morgan fingerprint density at radius 1 is 1.29 bits per heavy atom. The van der Waals surface area contributed by atoms with Crippen molar-refractivity contribution in [3.63, 3.8) is 0 Å². The van der Waals surface area contributed by atoms with Gasteiger partial charge in [0, 0.05) is 18.5 Å². The van der Waals surface area contributed by atoms with Crippen molar-refractivity contribution in [3.05, 3.63) is 0 Å². The van der Waals surface area contributed by atoms with Crippen LogP contribution in [0.5, 0.6) is 0 Å². The maximum atomic E-state index is 12.0. The van der Waals surface area contributed by atoms with E-state index >= 15 is 0 Å². The molecular weight excluding hydrogens is 212 g/mol. The molecule has 0 aromatic rings. The van der Waals surface area contributed by atoms with Crippen molar-refractivity contribution in [2.45, 2.75) is 59.4 Å². The van der Waals surface area contributed by atoms with Gasteiger partial charge in [-0.3, -0.25) is 4.79 Å². The molecule has 0 aromatic heterocycles. The van der Waals surface area contributed by atoms with Crippen LogP contribution in [0, 0.1) is 17.3 Å². The molecule has 0 spiro atoms. The van der Waals surface area contributed by atoms with Gasteiger partial charge in [-0.2, -0.15) is 0 Å². The Labute approximate surface area is 106 Å². The molecule has 1 aliphatic carbocycles. The molecule has 17 heavy (non-hydrogen) atoms. The second-order valence-corrected chi connectivity index (χ2v) is 6.47. The molecule has 0 aromatic carbocycles. The topological polar surface area (TPSA) is 55.1 Å². The van der Waals surface area contributed by atoms with Gasteiger partial charge in [-0.1, -0.05) is 27.7 Å². The maximum absolute atomic E-state index is 12.0. The van der Waals surface area contributed by atoms with Gasteiger partial charge in [0.05, 0.1) is 0 Å². The molecule has 3 nitrogen and oxygen atoms in total. The van der Waals surface area contributed by atoms with E-state index in [9.17, 15) is 4.79 Å². The van der Waals surface area contributed by atoms with E-state index in [0.29, 0.717) is 12.0 Å². The second-order valence-electron chi connectivity index (χ2n) is 6.47. The van der Waals surface area contributed by atoms with Gasteiger partial charge < -0.3 is 11.1 Å². The summed E-state index contributed by atoms with van der Waals surface area (Å²) in [6, 6.07) is 0.311. The average molecular weight is 240 g/mol. The molecule has 0 unspecified atom stereocenters. The molecule has 1 aliphatic rings. The quantitative estimate of drug-likeness (QED) is 0.792. The fraction of sp³-hybridized carbons (Fsp3) is 0.929. The molecular formula is C14H28N2O. The van der Waals surface area contributed by atoms with Gasteiger partial charge >= 0.3 is 0 Å². The van der Waals surface area contributed by atoms with Crippen LogP contribution in [0.4, 0.5) is 0 Å². The Morgan fingerprint density at radius 3 is 2.29 bits per heavy atom. The molecule has 100 valence electrons. The molecule has 0 atom stereocenters. The van der Waals surface area contributed by atoms with Gasteiger partial charge in [-0.15, -0.1) is 0 Å². The number of amides is 1. The maximum Gasteiger partial charge on any atom is 0.223 e. The first-order chi connectivity index (χ1) is 7.83. The van der Waals surface area contributed by atoms with Crippen LogP contribution < -0.4 is 11.1 Å². The summed E-state index contributed by atoms with van der Waals surface area (Å²) >= 11 is 0. The number of carbonyl (C=O) groups excluding carboxylic acids is 1. The molecule has 3 N–H and O–H groups in total. The smallest absolute Gasteiger partial charge is 0.223 e. The zero-order chi connectivity index (χ0) is 13.1. The van der Waals surface area contributed by atoms with E-state index in [1.807, 2.05) is 0 Å². The van der Waals surface area contributed by atoms with Crippen molar-refractivity contribution in [1.29, 1.82) is 0 Å². The summed E-state index contributed by atoms with van der Waals surface area (Å²) in [4.78, 5) is 12.0. The van der Waals surface area contributed by atoms with Gasteiger partial charge in [0.25, 0.3) is 0 Å². The van der Waals surface area contributed by atoms with Crippen molar-refractivity contribution in [2.24, 2.45) is 23.0 Å². The molecule has 1 saturated carbocycles. The number of nitrogens with two attached hydrogens (primary N) is 1. The van der Waals surface area contributed by atoms with Gasteiger partial charge in [-0.05, 0) is 37.0 Å². The van der Waals surface area contributed by atoms with Crippen LogP contribution >= 0.6 is 0 Å². The highest BCUT2D eigenvalue weighted by molar-refractivity contribution is 5.78. The van der Waals surface area contributed by atoms with E-state index in [1.54, 1.807) is 0 Å². The summed E-state index contributed by atoms with van der Waals surface area (Å²) in [6.45, 7) is 9.58. The first-order valence-electron chi connectivity index (χ1n) is 6.86. The third kappa shape index (κ3) is 4.30. The lowest BCUT2D eigenvalue weighted by molar-refractivity contribution is -0.126. The Hall–Kier alpha value is -0.570. The lowest BCUT2D eigenvalue weighted by atomic mass is 9.80. The van der Waals surface area contributed by atoms with E-state index in [0.717, 1.165) is 32.2 Å². The van der Waals surface area contributed by atoms with Gasteiger partial charge in [-0.25, -0.2) is 0 Å². The molecule has 0 aliphatic heterocycles. The summed E-state index contributed by atoms with van der Waals surface area (Å²) in [5.74, 6) is 0.992. The predicted molar refractivity (Wildman–Crippen MR) is 71.6 cm³/mol. The van der Waals surface area contributed by atoms with Crippen LogP contribution in [0.15, 0.2) is 0 Å². The molecule has 0 radical (unpaired) electrons. The first-order valence-corrected chi connectivity index (χ1v) is 6.86. The number of hydrogen-bond acceptors (Lipinski definition) is 2. The minimum absolute atomic E-state index is 0.167. The third-order valence-electron chi connectivity index (χ3n) is 4.42. The van der Waals surface area contributed by atoms with Crippen molar-refractivity contribution in [2.75, 3.05) is 6.54 Å². The Morgan fingerprint density at radius 2 is 1.82 bits per heavy atom. The van der Waals surface area contributed by atoms with Crippen LogP contribution in [0.3, 0.4) is 0 Å². The van der Waals surface area contributed by atoms with E-state index in [4.69, 9.17) is 5.73 Å². The second kappa shape index (κ2) is 5.85. The molecule has 1 fully saturated rings. The van der Waals surface area contributed by atoms with E-state index in [1.165, 1.54) is 0 Å². The molecule has 0 heterocycles. The van der Waals surface area contributed by atoms with E-state index in [-0.39, 0.29) is 17.2 Å². The molecule has 1 amide bonds. The number of carbonyl (C=O) groups is 1. The van der Waals surface area contributed by atoms with E-state index < -0.39 is 0 Å². The van der Waals surface area contributed by atoms with Crippen LogP contribution in [-0.2, 0) is 4.79 Å². The van der Waals surface area contributed by atoms with Gasteiger partial charge in [0.2, 0.25) is 5.91 Å². The standard InChI is InChI=1S/C14H28N2O/c1-10(2)14(3,4)9-16-13(17)11-5-7-12(15)8-6-11/h10-12H,5-9,15H2,1-4H3,(H,16,17). The Bertz CT molecular complexity index is 253. The summed E-state index contributed by atoms with van der Waals surface area (Å²) in [7, 11) is 0. The van der Waals surface area contributed by atoms with Crippen molar-refractivity contribution < 1.29 is 4.79 Å². The predicted octanol–water partition coefficient (Wildman–Crippen LogP) is 2.30. The van der Waals surface area contributed by atoms with Crippen molar-refractivity contribution in [1.82, 2.24) is 5.32 Å². The zero-order valence-electron chi connectivity index (χ0n) is 11.8. The van der Waals surface area contributed by atoms with Gasteiger partial charge in [0.1, 0.15) is 0 Å². The van der Waals surface area contributed by atoms with E-state index in [2.05, 4.69) is 33.0 Å². The number of rotatable bonds is 4. The van der Waals surface area contributed by atoms with Gasteiger partial charge in [0.15, 0.2) is 0 Å². The van der Waals surface area contributed by atoms with Crippen molar-refractivity contribution >= 4 is 5.91 Å². The third-order valence-corrected chi connectivity index (χ3v) is 4.42. The Balaban J connectivity index is 2.35. The fourth-order valence-corrected chi connectivity index (χ4v) is 2.04. The molecule has 0 bridgehead atoms. The monoisotopic (exact) mass is 240 g/mol. The highest BCUT2D eigenvalue weighted by atomic mass is 16.1. The molecule has 3 heteroatoms. The fourth-order valence-electron chi connectivity index (χ4n) is 2.04. The van der Waals surface area contributed by atoms with Crippen LogP contribution in [0.25, 0.3) is 0 Å². The minimum atomic E-state index is 0.167. The minimum Gasteiger partial charge on any atom is -0.355 e. The lowest BCUT2D eigenvalue weighted by Crippen LogP contribution is -2.41. The average Bonchev–Trinajstić information content (AvgIpc) is 2.27. The normalized spacial score (nSPS) is 26.0. The summed E-state index contributed by atoms with van der Waals surface area (Å²) in [5, 5.41) is 3.11. The lowest BCUT2D eigenvalue weighted by Gasteiger charge is -2.31. The summed E-state index contributed by atoms with van der Waals surface area (Å²) in [6.07, 6.45) is 3.89. The number of nitrogens with one attached hydrogen (secondary N) is 1. The summed E-state index contributed by atoms with van der Waals surface area (Å²) in [5.41, 5.74) is 6.02. The zero-order valence-corrected chi connectivity index (χ0v) is 11.8. The van der Waals surface area contributed by atoms with Crippen LogP contribution in [-0.4, -0.2) is 18.5 Å². The molecule has 0 saturated heterocycles. The van der Waals surface area contributed by atoms with Crippen LogP contribution in [0.1, 0.15) is 53.4 Å². The van der Waals surface area contributed by atoms with Crippen molar-refractivity contribution in [3.8, 4) is 0 Å². The largest absolute Gasteiger partial charge is 0.355 e. The first kappa shape index (κ1) is 14.5. The number of hydrogen-bond donors (Lipinski definition) is 2. The highest BCUT2D eigenvalue weighted by Gasteiger charge is 2.27. The molecule has 1 rings (SSSR count). The summed E-state index contributed by atoms with van der Waals surface area (Å²) < 4.78 is 0.